The number of nitrogens with zero attached hydrogens (tertiary/aromatic N) is 2. The van der Waals surface area contributed by atoms with Crippen molar-refractivity contribution in [2.45, 2.75) is 39.3 Å². The average molecular weight is 567 g/mol. The fourth-order valence-corrected chi connectivity index (χ4v) is 4.93. The molecule has 2 aromatic carbocycles. The molecule has 0 aliphatic carbocycles. The number of benzene rings is 2. The van der Waals surface area contributed by atoms with Crippen molar-refractivity contribution in [3.63, 3.8) is 0 Å². The van der Waals surface area contributed by atoms with Gasteiger partial charge in [0, 0.05) is 28.7 Å². The van der Waals surface area contributed by atoms with Crippen LogP contribution in [0.1, 0.15) is 32.3 Å². The number of hydrogen-bond donors (Lipinski definition) is 1. The summed E-state index contributed by atoms with van der Waals surface area (Å²) in [5.41, 5.74) is 0.424. The summed E-state index contributed by atoms with van der Waals surface area (Å²) in [7, 11) is -3.98. The van der Waals surface area contributed by atoms with Crippen molar-refractivity contribution in [1.29, 1.82) is 0 Å². The third kappa shape index (κ3) is 7.70. The second kappa shape index (κ2) is 12.8. The number of hydrogen-bond acceptors (Lipinski definition) is 4. The Bertz CT molecular complexity index is 1160. The normalized spacial score (nSPS) is 12.2. The summed E-state index contributed by atoms with van der Waals surface area (Å²) in [5.74, 6) is -1.80. The van der Waals surface area contributed by atoms with Crippen molar-refractivity contribution >= 4 is 62.3 Å². The molecule has 2 aromatic rings. The average Bonchev–Trinajstić information content (AvgIpc) is 2.78. The fourth-order valence-electron chi connectivity index (χ4n) is 3.39. The first kappa shape index (κ1) is 29.2. The van der Waals surface area contributed by atoms with E-state index < -0.39 is 34.3 Å². The van der Waals surface area contributed by atoms with E-state index >= 15 is 0 Å². The van der Waals surface area contributed by atoms with Gasteiger partial charge in [-0.15, -0.1) is 0 Å². The monoisotopic (exact) mass is 565 g/mol. The Labute approximate surface area is 220 Å². The van der Waals surface area contributed by atoms with Crippen LogP contribution in [0.5, 0.6) is 0 Å². The molecule has 1 atom stereocenters. The van der Waals surface area contributed by atoms with Crippen LogP contribution in [-0.4, -0.2) is 50.5 Å². The smallest absolute Gasteiger partial charge is 0.244 e. The van der Waals surface area contributed by atoms with Gasteiger partial charge in [0.15, 0.2) is 0 Å². The SMILES string of the molecule is CCCNC(=O)[C@@H](CC)N(Cc1c(Cl)cccc1Cl)C(=O)CN(c1ccc(F)c(Cl)c1)S(C)(=O)=O. The lowest BCUT2D eigenvalue weighted by Crippen LogP contribution is -2.52. The summed E-state index contributed by atoms with van der Waals surface area (Å²) in [6, 6.07) is 7.27. The van der Waals surface area contributed by atoms with Crippen molar-refractivity contribution in [2.75, 3.05) is 23.7 Å². The molecule has 0 bridgehead atoms. The number of amides is 2. The molecule has 0 unspecified atom stereocenters. The van der Waals surface area contributed by atoms with Crippen molar-refractivity contribution < 1.29 is 22.4 Å². The first-order valence-electron chi connectivity index (χ1n) is 10.8. The molecular weight excluding hydrogens is 540 g/mol. The highest BCUT2D eigenvalue weighted by molar-refractivity contribution is 7.92. The van der Waals surface area contributed by atoms with Crippen LogP contribution in [0.3, 0.4) is 0 Å². The quantitative estimate of drug-likeness (QED) is 0.420. The van der Waals surface area contributed by atoms with E-state index in [0.717, 1.165) is 22.7 Å². The van der Waals surface area contributed by atoms with Crippen LogP contribution in [-0.2, 0) is 26.2 Å². The minimum Gasteiger partial charge on any atom is -0.354 e. The summed E-state index contributed by atoms with van der Waals surface area (Å²) in [6.45, 7) is 3.26. The first-order valence-corrected chi connectivity index (χ1v) is 13.8. The van der Waals surface area contributed by atoms with E-state index in [4.69, 9.17) is 34.8 Å². The van der Waals surface area contributed by atoms with Crippen molar-refractivity contribution in [3.05, 3.63) is 62.8 Å². The maximum Gasteiger partial charge on any atom is 0.244 e. The van der Waals surface area contributed by atoms with Gasteiger partial charge in [-0.25, -0.2) is 12.8 Å². The number of rotatable bonds is 11. The van der Waals surface area contributed by atoms with Crippen LogP contribution in [0.15, 0.2) is 36.4 Å². The number of carbonyl (C=O) groups excluding carboxylic acids is 2. The molecule has 0 saturated carbocycles. The van der Waals surface area contributed by atoms with Crippen LogP contribution in [0.25, 0.3) is 0 Å². The number of anilines is 1. The summed E-state index contributed by atoms with van der Waals surface area (Å²) in [5, 5.41) is 3.07. The zero-order valence-corrected chi connectivity index (χ0v) is 22.6. The zero-order chi connectivity index (χ0) is 26.3. The summed E-state index contributed by atoms with van der Waals surface area (Å²) >= 11 is 18.5. The lowest BCUT2D eigenvalue weighted by atomic mass is 10.1. The van der Waals surface area contributed by atoms with E-state index in [1.165, 1.54) is 11.0 Å². The minimum absolute atomic E-state index is 0.00598. The molecule has 0 saturated heterocycles. The molecule has 1 N–H and O–H groups in total. The van der Waals surface area contributed by atoms with Gasteiger partial charge in [-0.05, 0) is 43.2 Å². The van der Waals surface area contributed by atoms with E-state index in [-0.39, 0.29) is 29.6 Å². The molecule has 2 rings (SSSR count). The summed E-state index contributed by atoms with van der Waals surface area (Å²) in [6.07, 6.45) is 1.86. The molecule has 0 aliphatic heterocycles. The van der Waals surface area contributed by atoms with Gasteiger partial charge in [-0.1, -0.05) is 54.7 Å². The Hall–Kier alpha value is -2.07. The minimum atomic E-state index is -3.98. The van der Waals surface area contributed by atoms with E-state index in [1.54, 1.807) is 25.1 Å². The van der Waals surface area contributed by atoms with Crippen LogP contribution >= 0.6 is 34.8 Å². The number of sulfonamides is 1. The molecule has 0 radical (unpaired) electrons. The van der Waals surface area contributed by atoms with Crippen molar-refractivity contribution in [1.82, 2.24) is 10.2 Å². The second-order valence-electron chi connectivity index (χ2n) is 7.80. The predicted octanol–water partition coefficient (Wildman–Crippen LogP) is 4.89. The molecule has 192 valence electrons. The Morgan fingerprint density at radius 3 is 2.20 bits per heavy atom. The Balaban J connectivity index is 2.50. The highest BCUT2D eigenvalue weighted by Gasteiger charge is 2.32. The van der Waals surface area contributed by atoms with Gasteiger partial charge in [0.25, 0.3) is 0 Å². The van der Waals surface area contributed by atoms with Gasteiger partial charge in [0.1, 0.15) is 18.4 Å². The van der Waals surface area contributed by atoms with E-state index in [2.05, 4.69) is 5.32 Å². The first-order chi connectivity index (χ1) is 16.4. The highest BCUT2D eigenvalue weighted by Crippen LogP contribution is 2.28. The Morgan fingerprint density at radius 1 is 1.06 bits per heavy atom. The van der Waals surface area contributed by atoms with Crippen molar-refractivity contribution in [2.24, 2.45) is 0 Å². The third-order valence-corrected chi connectivity index (χ3v) is 7.33. The Kier molecular flexibility index (Phi) is 10.6. The van der Waals surface area contributed by atoms with Gasteiger partial charge in [0.2, 0.25) is 21.8 Å². The summed E-state index contributed by atoms with van der Waals surface area (Å²) < 4.78 is 39.6. The molecule has 12 heteroatoms. The molecular formula is C23H27Cl3FN3O4S. The molecule has 35 heavy (non-hydrogen) atoms. The molecule has 0 heterocycles. The lowest BCUT2D eigenvalue weighted by molar-refractivity contribution is -0.140. The van der Waals surface area contributed by atoms with Crippen molar-refractivity contribution in [3.8, 4) is 0 Å². The number of nitrogens with one attached hydrogen (secondary N) is 1. The van der Waals surface area contributed by atoms with E-state index in [1.807, 2.05) is 6.92 Å². The van der Waals surface area contributed by atoms with Crippen LogP contribution < -0.4 is 9.62 Å². The van der Waals surface area contributed by atoms with Crippen LogP contribution in [0.4, 0.5) is 10.1 Å². The second-order valence-corrected chi connectivity index (χ2v) is 10.9. The van der Waals surface area contributed by atoms with Gasteiger partial charge in [-0.3, -0.25) is 13.9 Å². The fraction of sp³-hybridized carbons (Fsp3) is 0.391. The molecule has 0 fully saturated rings. The topological polar surface area (TPSA) is 86.8 Å². The standard InChI is InChI=1S/C23H27Cl3FN3O4S/c1-4-11-28-23(32)21(5-2)29(13-16-17(24)7-6-8-18(16)25)22(31)14-30(35(3,33)34)15-9-10-20(27)19(26)12-15/h6-10,12,21H,4-5,11,13-14H2,1-3H3,(H,28,32)/t21-/m1/s1. The Morgan fingerprint density at radius 2 is 1.69 bits per heavy atom. The van der Waals surface area contributed by atoms with Gasteiger partial charge in [-0.2, -0.15) is 0 Å². The summed E-state index contributed by atoms with van der Waals surface area (Å²) in [4.78, 5) is 27.7. The number of halogens is 4. The van der Waals surface area contributed by atoms with Gasteiger partial charge < -0.3 is 10.2 Å². The molecule has 7 nitrogen and oxygen atoms in total. The van der Waals surface area contributed by atoms with Crippen LogP contribution in [0.2, 0.25) is 15.1 Å². The van der Waals surface area contributed by atoms with Gasteiger partial charge in [0.05, 0.1) is 17.0 Å². The molecule has 0 aliphatic rings. The number of carbonyl (C=O) groups is 2. The largest absolute Gasteiger partial charge is 0.354 e. The molecule has 0 spiro atoms. The molecule has 2 amide bonds. The molecule has 0 aromatic heterocycles. The van der Waals surface area contributed by atoms with E-state index in [9.17, 15) is 22.4 Å². The maximum atomic E-state index is 13.7. The van der Waals surface area contributed by atoms with E-state index in [0.29, 0.717) is 28.6 Å². The zero-order valence-electron chi connectivity index (χ0n) is 19.5. The highest BCUT2D eigenvalue weighted by atomic mass is 35.5. The lowest BCUT2D eigenvalue weighted by Gasteiger charge is -2.33. The van der Waals surface area contributed by atoms with Crippen LogP contribution in [0, 0.1) is 5.82 Å². The maximum absolute atomic E-state index is 13.7. The predicted molar refractivity (Wildman–Crippen MR) is 138 cm³/mol. The third-order valence-electron chi connectivity index (χ3n) is 5.20. The van der Waals surface area contributed by atoms with Gasteiger partial charge >= 0.3 is 0 Å².